The van der Waals surface area contributed by atoms with Crippen molar-refractivity contribution in [2.24, 2.45) is 0 Å². The molecule has 1 aliphatic heterocycles. The zero-order valence-electron chi connectivity index (χ0n) is 15.1. The number of hydrogen-bond acceptors (Lipinski definition) is 6. The summed E-state index contributed by atoms with van der Waals surface area (Å²) in [5.74, 6) is -0.529. The molecular formula is C18H17FN4O3S2. The van der Waals surface area contributed by atoms with Crippen LogP contribution in [0.25, 0.3) is 21.8 Å². The Morgan fingerprint density at radius 1 is 1.32 bits per heavy atom. The number of nitrogens with zero attached hydrogens (tertiary/aromatic N) is 2. The van der Waals surface area contributed by atoms with Gasteiger partial charge in [-0.15, -0.1) is 11.3 Å². The summed E-state index contributed by atoms with van der Waals surface area (Å²) in [5.41, 5.74) is 0.356. The predicted molar refractivity (Wildman–Crippen MR) is 105 cm³/mol. The smallest absolute Gasteiger partial charge is 0.239 e. The third-order valence-electron chi connectivity index (χ3n) is 4.65. The lowest BCUT2D eigenvalue weighted by atomic mass is 10.0. The molecule has 1 fully saturated rings. The van der Waals surface area contributed by atoms with Gasteiger partial charge in [-0.1, -0.05) is 23.4 Å². The lowest BCUT2D eigenvalue weighted by Crippen LogP contribution is -2.60. The minimum Gasteiger partial charge on any atom is -0.356 e. The number of hydrogen-bond donors (Lipinski definition) is 2. The van der Waals surface area contributed by atoms with Gasteiger partial charge in [0.2, 0.25) is 16.0 Å². The SMILES string of the molecule is CN1C(=N)N[C@](C)(c2sc(-c3cccc(-c4ccno4)c3)cc2F)CS1(=O)=O. The van der Waals surface area contributed by atoms with Crippen LogP contribution in [-0.2, 0) is 15.6 Å². The maximum atomic E-state index is 14.8. The standard InChI is InChI=1S/C18H17FN4O3S2/c1-18(10-28(24,25)23(2)17(20)22-18)16-13(19)9-15(27-16)12-5-3-4-11(8-12)14-6-7-21-26-14/h3-9H,10H2,1-2H3,(H2,20,22)/t18-/m0/s1. The number of sulfonamides is 1. The van der Waals surface area contributed by atoms with E-state index in [0.29, 0.717) is 10.6 Å². The fourth-order valence-electron chi connectivity index (χ4n) is 3.18. The van der Waals surface area contributed by atoms with Crippen LogP contribution in [0.15, 0.2) is 47.1 Å². The molecule has 3 aromatic rings. The van der Waals surface area contributed by atoms with Crippen molar-refractivity contribution < 1.29 is 17.3 Å². The molecule has 0 spiro atoms. The van der Waals surface area contributed by atoms with Gasteiger partial charge >= 0.3 is 0 Å². The molecule has 0 aliphatic carbocycles. The lowest BCUT2D eigenvalue weighted by molar-refractivity contribution is 0.411. The van der Waals surface area contributed by atoms with E-state index in [2.05, 4.69) is 10.5 Å². The predicted octanol–water partition coefficient (Wildman–Crippen LogP) is 3.22. The number of thiophene rings is 1. The first kappa shape index (κ1) is 18.6. The highest BCUT2D eigenvalue weighted by Crippen LogP contribution is 2.39. The van der Waals surface area contributed by atoms with Gasteiger partial charge in [0, 0.05) is 23.6 Å². The lowest BCUT2D eigenvalue weighted by Gasteiger charge is -2.39. The molecule has 2 N–H and O–H groups in total. The average Bonchev–Trinajstić information content (AvgIpc) is 3.29. The molecule has 0 radical (unpaired) electrons. The van der Waals surface area contributed by atoms with Crippen LogP contribution >= 0.6 is 11.3 Å². The van der Waals surface area contributed by atoms with Crippen LogP contribution in [0.2, 0.25) is 0 Å². The van der Waals surface area contributed by atoms with Gasteiger partial charge in [-0.05, 0) is 24.6 Å². The van der Waals surface area contributed by atoms with Gasteiger partial charge in [0.25, 0.3) is 0 Å². The van der Waals surface area contributed by atoms with Crippen molar-refractivity contribution in [2.45, 2.75) is 12.5 Å². The highest BCUT2D eigenvalue weighted by atomic mass is 32.2. The summed E-state index contributed by atoms with van der Waals surface area (Å²) in [5, 5.41) is 14.4. The van der Waals surface area contributed by atoms with Crippen molar-refractivity contribution in [1.82, 2.24) is 14.8 Å². The summed E-state index contributed by atoms with van der Waals surface area (Å²) in [7, 11) is -2.41. The van der Waals surface area contributed by atoms with E-state index in [4.69, 9.17) is 9.93 Å². The molecular weight excluding hydrogens is 403 g/mol. The van der Waals surface area contributed by atoms with Gasteiger partial charge in [-0.25, -0.2) is 17.1 Å². The topological polar surface area (TPSA) is 99.3 Å². The summed E-state index contributed by atoms with van der Waals surface area (Å²) >= 11 is 1.16. The fraction of sp³-hybridized carbons (Fsp3) is 0.222. The molecule has 28 heavy (non-hydrogen) atoms. The Balaban J connectivity index is 1.74. The first-order valence-electron chi connectivity index (χ1n) is 8.34. The molecule has 1 aliphatic rings. The molecule has 146 valence electrons. The van der Waals surface area contributed by atoms with Crippen LogP contribution in [0.4, 0.5) is 4.39 Å². The molecule has 4 rings (SSSR count). The first-order chi connectivity index (χ1) is 13.2. The Morgan fingerprint density at radius 2 is 2.07 bits per heavy atom. The summed E-state index contributed by atoms with van der Waals surface area (Å²) in [6.07, 6.45) is 1.55. The highest BCUT2D eigenvalue weighted by Gasteiger charge is 2.44. The van der Waals surface area contributed by atoms with E-state index in [-0.39, 0.29) is 16.6 Å². The minimum absolute atomic E-state index is 0.244. The van der Waals surface area contributed by atoms with E-state index in [0.717, 1.165) is 26.8 Å². The van der Waals surface area contributed by atoms with Crippen LogP contribution in [0.3, 0.4) is 0 Å². The summed E-state index contributed by atoms with van der Waals surface area (Å²) in [6, 6.07) is 10.5. The van der Waals surface area contributed by atoms with Crippen LogP contribution in [-0.4, -0.2) is 36.6 Å². The number of rotatable bonds is 3. The average molecular weight is 420 g/mol. The fourth-order valence-corrected chi connectivity index (χ4v) is 5.86. The Kier molecular flexibility index (Phi) is 4.27. The zero-order chi connectivity index (χ0) is 20.1. The maximum Gasteiger partial charge on any atom is 0.239 e. The van der Waals surface area contributed by atoms with Gasteiger partial charge in [-0.2, -0.15) is 0 Å². The Labute approximate surface area is 165 Å². The summed E-state index contributed by atoms with van der Waals surface area (Å²) in [4.78, 5) is 0.897. The molecule has 3 heterocycles. The largest absolute Gasteiger partial charge is 0.356 e. The van der Waals surface area contributed by atoms with E-state index in [9.17, 15) is 12.8 Å². The van der Waals surface area contributed by atoms with Gasteiger partial charge in [-0.3, -0.25) is 5.41 Å². The van der Waals surface area contributed by atoms with Gasteiger partial charge in [0.05, 0.1) is 22.4 Å². The Bertz CT molecular complexity index is 1160. The van der Waals surface area contributed by atoms with E-state index in [1.807, 2.05) is 24.3 Å². The van der Waals surface area contributed by atoms with Crippen molar-refractivity contribution >= 4 is 27.3 Å². The highest BCUT2D eigenvalue weighted by molar-refractivity contribution is 7.89. The second kappa shape index (κ2) is 6.42. The van der Waals surface area contributed by atoms with E-state index < -0.39 is 21.4 Å². The molecule has 1 aromatic carbocycles. The Hall–Kier alpha value is -2.72. The van der Waals surface area contributed by atoms with Crippen LogP contribution in [0.5, 0.6) is 0 Å². The Morgan fingerprint density at radius 3 is 2.75 bits per heavy atom. The normalized spacial score (nSPS) is 21.5. The molecule has 0 bridgehead atoms. The van der Waals surface area contributed by atoms with Crippen molar-refractivity contribution in [3.63, 3.8) is 0 Å². The van der Waals surface area contributed by atoms with E-state index >= 15 is 0 Å². The third kappa shape index (κ3) is 3.08. The number of benzene rings is 1. The maximum absolute atomic E-state index is 14.8. The molecule has 0 saturated carbocycles. The molecule has 2 aromatic heterocycles. The molecule has 1 saturated heterocycles. The molecule has 0 amide bonds. The van der Waals surface area contributed by atoms with Crippen LogP contribution in [0, 0.1) is 11.2 Å². The van der Waals surface area contributed by atoms with E-state index in [1.54, 1.807) is 19.2 Å². The molecule has 0 unspecified atom stereocenters. The van der Waals surface area contributed by atoms with Crippen LogP contribution < -0.4 is 5.32 Å². The van der Waals surface area contributed by atoms with Crippen molar-refractivity contribution in [1.29, 1.82) is 5.41 Å². The minimum atomic E-state index is -3.71. The number of aromatic nitrogens is 1. The number of guanidine groups is 1. The first-order valence-corrected chi connectivity index (χ1v) is 10.8. The summed E-state index contributed by atoms with van der Waals surface area (Å²) in [6.45, 7) is 1.59. The number of halogens is 1. The third-order valence-corrected chi connectivity index (χ3v) is 8.04. The van der Waals surface area contributed by atoms with Gasteiger partial charge < -0.3 is 9.84 Å². The summed E-state index contributed by atoms with van der Waals surface area (Å²) < 4.78 is 45.6. The van der Waals surface area contributed by atoms with Crippen molar-refractivity contribution in [2.75, 3.05) is 12.8 Å². The van der Waals surface area contributed by atoms with Crippen molar-refractivity contribution in [3.05, 3.63) is 53.3 Å². The monoisotopic (exact) mass is 420 g/mol. The van der Waals surface area contributed by atoms with Crippen molar-refractivity contribution in [3.8, 4) is 21.8 Å². The second-order valence-corrected chi connectivity index (χ2v) is 9.83. The second-order valence-electron chi connectivity index (χ2n) is 6.77. The number of nitrogens with one attached hydrogen (secondary N) is 2. The zero-order valence-corrected chi connectivity index (χ0v) is 16.7. The quantitative estimate of drug-likeness (QED) is 0.678. The molecule has 7 nitrogen and oxygen atoms in total. The van der Waals surface area contributed by atoms with Gasteiger partial charge in [0.15, 0.2) is 5.76 Å². The van der Waals surface area contributed by atoms with Crippen LogP contribution in [0.1, 0.15) is 11.8 Å². The molecule has 1 atom stereocenters. The van der Waals surface area contributed by atoms with Gasteiger partial charge in [0.1, 0.15) is 5.82 Å². The molecule has 10 heteroatoms. The van der Waals surface area contributed by atoms with E-state index in [1.165, 1.54) is 13.1 Å².